The molecule has 1 aliphatic carbocycles. The zero-order chi connectivity index (χ0) is 8.39. The van der Waals surface area contributed by atoms with Crippen molar-refractivity contribution in [2.45, 2.75) is 38.0 Å². The number of halogens is 1. The van der Waals surface area contributed by atoms with Crippen LogP contribution in [0.4, 0.5) is 0 Å². The van der Waals surface area contributed by atoms with Gasteiger partial charge < -0.3 is 4.52 Å². The molecule has 66 valence electrons. The topological polar surface area (TPSA) is 26.0 Å². The van der Waals surface area contributed by atoms with Crippen molar-refractivity contribution in [3.8, 4) is 0 Å². The monoisotopic (exact) mass is 229 g/mol. The van der Waals surface area contributed by atoms with E-state index in [1.165, 1.54) is 37.7 Å². The van der Waals surface area contributed by atoms with Crippen molar-refractivity contribution < 1.29 is 4.52 Å². The van der Waals surface area contributed by atoms with Crippen molar-refractivity contribution in [1.82, 2.24) is 5.16 Å². The molecule has 2 nitrogen and oxygen atoms in total. The van der Waals surface area contributed by atoms with Gasteiger partial charge in [0, 0.05) is 5.56 Å². The van der Waals surface area contributed by atoms with E-state index in [4.69, 9.17) is 4.52 Å². The lowest BCUT2D eigenvalue weighted by Crippen LogP contribution is -2.03. The summed E-state index contributed by atoms with van der Waals surface area (Å²) in [5.41, 5.74) is 1.26. The van der Waals surface area contributed by atoms with Gasteiger partial charge >= 0.3 is 0 Å². The van der Waals surface area contributed by atoms with Crippen LogP contribution in [0, 0.1) is 0 Å². The highest BCUT2D eigenvalue weighted by Crippen LogP contribution is 2.35. The Balaban J connectivity index is 2.13. The van der Waals surface area contributed by atoms with Gasteiger partial charge in [0.25, 0.3) is 0 Å². The molecule has 0 radical (unpaired) electrons. The van der Waals surface area contributed by atoms with E-state index in [0.29, 0.717) is 5.92 Å². The molecule has 3 heteroatoms. The summed E-state index contributed by atoms with van der Waals surface area (Å²) in [4.78, 5) is 0. The highest BCUT2D eigenvalue weighted by atomic mass is 79.9. The van der Waals surface area contributed by atoms with Crippen molar-refractivity contribution in [1.29, 1.82) is 0 Å². The summed E-state index contributed by atoms with van der Waals surface area (Å²) < 4.78 is 5.80. The predicted octanol–water partition coefficient (Wildman–Crippen LogP) is 3.48. The molecule has 2 rings (SSSR count). The van der Waals surface area contributed by atoms with Crippen LogP contribution in [0.1, 0.15) is 43.6 Å². The van der Waals surface area contributed by atoms with E-state index >= 15 is 0 Å². The molecule has 1 aliphatic rings. The fourth-order valence-corrected chi connectivity index (χ4v) is 2.41. The average Bonchev–Trinajstić information content (AvgIpc) is 2.53. The largest absolute Gasteiger partial charge is 0.363 e. The lowest BCUT2D eigenvalue weighted by atomic mass is 9.86. The molecule has 1 fully saturated rings. The fraction of sp³-hybridized carbons (Fsp3) is 0.667. The molecule has 1 heterocycles. The van der Waals surface area contributed by atoms with Gasteiger partial charge in [-0.2, -0.15) is 0 Å². The van der Waals surface area contributed by atoms with E-state index in [1.54, 1.807) is 6.26 Å². The summed E-state index contributed by atoms with van der Waals surface area (Å²) in [5, 5.41) is 3.83. The summed E-state index contributed by atoms with van der Waals surface area (Å²) in [6.45, 7) is 0. The Morgan fingerprint density at radius 3 is 2.67 bits per heavy atom. The Bertz CT molecular complexity index is 253. The third-order valence-electron chi connectivity index (χ3n) is 2.60. The number of aromatic nitrogens is 1. The Morgan fingerprint density at radius 2 is 2.08 bits per heavy atom. The molecule has 0 unspecified atom stereocenters. The third kappa shape index (κ3) is 1.56. The average molecular weight is 230 g/mol. The van der Waals surface area contributed by atoms with E-state index in [0.717, 1.165) is 4.60 Å². The van der Waals surface area contributed by atoms with E-state index in [1.807, 2.05) is 0 Å². The summed E-state index contributed by atoms with van der Waals surface area (Å²) in [6.07, 6.45) is 8.45. The molecule has 0 aliphatic heterocycles. The Labute approximate surface area is 80.4 Å². The van der Waals surface area contributed by atoms with Crippen molar-refractivity contribution in [2.24, 2.45) is 0 Å². The first-order valence-corrected chi connectivity index (χ1v) is 5.27. The fourth-order valence-electron chi connectivity index (χ4n) is 1.91. The second kappa shape index (κ2) is 3.60. The van der Waals surface area contributed by atoms with Gasteiger partial charge in [-0.3, -0.25) is 0 Å². The van der Waals surface area contributed by atoms with E-state index in [9.17, 15) is 0 Å². The van der Waals surface area contributed by atoms with Crippen LogP contribution in [0.2, 0.25) is 0 Å². The van der Waals surface area contributed by atoms with Gasteiger partial charge in [-0.05, 0) is 34.7 Å². The number of rotatable bonds is 1. The van der Waals surface area contributed by atoms with Crippen molar-refractivity contribution in [3.63, 3.8) is 0 Å². The summed E-state index contributed by atoms with van der Waals surface area (Å²) in [7, 11) is 0. The first kappa shape index (κ1) is 8.30. The molecular weight excluding hydrogens is 218 g/mol. The van der Waals surface area contributed by atoms with Crippen LogP contribution < -0.4 is 0 Å². The maximum Gasteiger partial charge on any atom is 0.152 e. The first-order valence-electron chi connectivity index (χ1n) is 4.47. The smallest absolute Gasteiger partial charge is 0.152 e. The standard InChI is InChI=1S/C9H12BrNO/c10-9-8(6-12-11-9)7-4-2-1-3-5-7/h6-7H,1-5H2. The molecule has 0 saturated heterocycles. The van der Waals surface area contributed by atoms with Crippen molar-refractivity contribution >= 4 is 15.9 Å². The van der Waals surface area contributed by atoms with Gasteiger partial charge in [-0.15, -0.1) is 0 Å². The van der Waals surface area contributed by atoms with E-state index in [-0.39, 0.29) is 0 Å². The molecule has 0 bridgehead atoms. The Morgan fingerprint density at radius 1 is 1.33 bits per heavy atom. The molecule has 1 aromatic rings. The summed E-state index contributed by atoms with van der Waals surface area (Å²) >= 11 is 3.40. The molecule has 1 aromatic heterocycles. The van der Waals surface area contributed by atoms with Crippen molar-refractivity contribution in [2.75, 3.05) is 0 Å². The second-order valence-corrected chi connectivity index (χ2v) is 4.15. The van der Waals surface area contributed by atoms with E-state index in [2.05, 4.69) is 21.1 Å². The first-order chi connectivity index (χ1) is 5.88. The minimum absolute atomic E-state index is 0.680. The van der Waals surface area contributed by atoms with Gasteiger partial charge in [-0.25, -0.2) is 0 Å². The Hall–Kier alpha value is -0.310. The van der Waals surface area contributed by atoms with Gasteiger partial charge in [0.15, 0.2) is 4.60 Å². The molecule has 0 spiro atoms. The zero-order valence-corrected chi connectivity index (χ0v) is 8.51. The predicted molar refractivity (Wildman–Crippen MR) is 50.0 cm³/mol. The van der Waals surface area contributed by atoms with E-state index < -0.39 is 0 Å². The molecule has 12 heavy (non-hydrogen) atoms. The lowest BCUT2D eigenvalue weighted by molar-refractivity contribution is 0.409. The second-order valence-electron chi connectivity index (χ2n) is 3.40. The molecular formula is C9H12BrNO. The van der Waals surface area contributed by atoms with Gasteiger partial charge in [0.2, 0.25) is 0 Å². The quantitative estimate of drug-likeness (QED) is 0.738. The third-order valence-corrected chi connectivity index (χ3v) is 3.20. The highest BCUT2D eigenvalue weighted by molar-refractivity contribution is 9.10. The van der Waals surface area contributed by atoms with Gasteiger partial charge in [0.05, 0.1) is 0 Å². The van der Waals surface area contributed by atoms with Gasteiger partial charge in [-0.1, -0.05) is 24.4 Å². The lowest BCUT2D eigenvalue weighted by Gasteiger charge is -2.19. The minimum Gasteiger partial charge on any atom is -0.363 e. The normalized spacial score (nSPS) is 19.8. The minimum atomic E-state index is 0.680. The van der Waals surface area contributed by atoms with Crippen LogP contribution in [-0.2, 0) is 0 Å². The molecule has 0 amide bonds. The maximum absolute atomic E-state index is 4.90. The molecule has 0 N–H and O–H groups in total. The van der Waals surface area contributed by atoms with Crippen LogP contribution in [0.3, 0.4) is 0 Å². The van der Waals surface area contributed by atoms with Crippen LogP contribution in [0.5, 0.6) is 0 Å². The van der Waals surface area contributed by atoms with Crippen LogP contribution in [0.15, 0.2) is 15.4 Å². The van der Waals surface area contributed by atoms with Crippen LogP contribution in [0.25, 0.3) is 0 Å². The van der Waals surface area contributed by atoms with Gasteiger partial charge in [0.1, 0.15) is 6.26 Å². The van der Waals surface area contributed by atoms with Crippen molar-refractivity contribution in [3.05, 3.63) is 16.4 Å². The maximum atomic E-state index is 4.90. The highest BCUT2D eigenvalue weighted by Gasteiger charge is 2.19. The number of hydrogen-bond donors (Lipinski definition) is 0. The summed E-state index contributed by atoms with van der Waals surface area (Å²) in [5.74, 6) is 0.680. The molecule has 0 atom stereocenters. The Kier molecular flexibility index (Phi) is 2.49. The number of nitrogens with zero attached hydrogens (tertiary/aromatic N) is 1. The van der Waals surface area contributed by atoms with Crippen LogP contribution >= 0.6 is 15.9 Å². The summed E-state index contributed by atoms with van der Waals surface area (Å²) in [6, 6.07) is 0. The molecule has 1 saturated carbocycles. The number of hydrogen-bond acceptors (Lipinski definition) is 2. The SMILES string of the molecule is Brc1nocc1C1CCCCC1. The molecule has 0 aromatic carbocycles. The zero-order valence-electron chi connectivity index (χ0n) is 6.92. The van der Waals surface area contributed by atoms with Crippen LogP contribution in [-0.4, -0.2) is 5.16 Å².